The van der Waals surface area contributed by atoms with Crippen LogP contribution in [0.15, 0.2) is 42.5 Å². The summed E-state index contributed by atoms with van der Waals surface area (Å²) in [4.78, 5) is 32.4. The highest BCUT2D eigenvalue weighted by Gasteiger charge is 2.25. The minimum atomic E-state index is -0.887. The van der Waals surface area contributed by atoms with E-state index in [4.69, 9.17) is 4.74 Å². The van der Waals surface area contributed by atoms with Gasteiger partial charge in [-0.15, -0.1) is 0 Å². The summed E-state index contributed by atoms with van der Waals surface area (Å²) in [5.41, 5.74) is 0.0165. The van der Waals surface area contributed by atoms with Crippen molar-refractivity contribution in [3.63, 3.8) is 0 Å². The van der Waals surface area contributed by atoms with Gasteiger partial charge in [-0.2, -0.15) is 0 Å². The summed E-state index contributed by atoms with van der Waals surface area (Å²) in [6.07, 6.45) is -0.0548. The van der Waals surface area contributed by atoms with E-state index < -0.39 is 27.1 Å². The van der Waals surface area contributed by atoms with Crippen LogP contribution >= 0.6 is 0 Å². The number of nitro groups is 2. The molecule has 0 bridgehead atoms. The SMILES string of the molecule is O=C(Nc1ccc(C2CNCCO2)cc1)c1ccc([N+](=O)[O-])c([N+](=O)[O-])c1. The number of carbonyl (C=O) groups excluding carboxylic acids is 1. The summed E-state index contributed by atoms with van der Waals surface area (Å²) in [6, 6.07) is 10.1. The van der Waals surface area contributed by atoms with E-state index in [-0.39, 0.29) is 11.7 Å². The number of nitrogens with zero attached hydrogens (tertiary/aromatic N) is 2. The number of hydrogen-bond acceptors (Lipinski definition) is 7. The molecule has 3 rings (SSSR count). The first-order valence-corrected chi connectivity index (χ1v) is 8.12. The van der Waals surface area contributed by atoms with Crippen LogP contribution in [-0.4, -0.2) is 35.5 Å². The zero-order valence-electron chi connectivity index (χ0n) is 14.1. The topological polar surface area (TPSA) is 137 Å². The maximum absolute atomic E-state index is 12.3. The molecule has 2 N–H and O–H groups in total. The Morgan fingerprint density at radius 3 is 2.37 bits per heavy atom. The monoisotopic (exact) mass is 372 g/mol. The van der Waals surface area contributed by atoms with Crippen LogP contribution in [0.4, 0.5) is 17.1 Å². The molecule has 2 aromatic rings. The van der Waals surface area contributed by atoms with Gasteiger partial charge >= 0.3 is 11.4 Å². The Morgan fingerprint density at radius 2 is 1.78 bits per heavy atom. The van der Waals surface area contributed by atoms with Gasteiger partial charge in [0.25, 0.3) is 5.91 Å². The number of anilines is 1. The second kappa shape index (κ2) is 7.89. The highest BCUT2D eigenvalue weighted by molar-refractivity contribution is 6.05. The van der Waals surface area contributed by atoms with Gasteiger partial charge in [-0.1, -0.05) is 12.1 Å². The first-order valence-electron chi connectivity index (χ1n) is 8.12. The lowest BCUT2D eigenvalue weighted by Crippen LogP contribution is -2.33. The van der Waals surface area contributed by atoms with Gasteiger partial charge in [0.05, 0.1) is 22.6 Å². The Hall–Kier alpha value is -3.37. The van der Waals surface area contributed by atoms with Crippen LogP contribution in [-0.2, 0) is 4.74 Å². The molecule has 0 saturated carbocycles. The lowest BCUT2D eigenvalue weighted by atomic mass is 10.1. The molecule has 0 spiro atoms. The van der Waals surface area contributed by atoms with Crippen LogP contribution in [0.5, 0.6) is 0 Å². The van der Waals surface area contributed by atoms with Crippen LogP contribution in [0.3, 0.4) is 0 Å². The second-order valence-electron chi connectivity index (χ2n) is 5.86. The van der Waals surface area contributed by atoms with Gasteiger partial charge in [-0.25, -0.2) is 0 Å². The average Bonchev–Trinajstić information content (AvgIpc) is 2.68. The fourth-order valence-electron chi connectivity index (χ4n) is 2.73. The van der Waals surface area contributed by atoms with Gasteiger partial charge in [0.1, 0.15) is 0 Å². The first kappa shape index (κ1) is 18.4. The number of morpholine rings is 1. The number of ether oxygens (including phenoxy) is 1. The maximum atomic E-state index is 12.3. The third-order valence-corrected chi connectivity index (χ3v) is 4.10. The molecule has 1 aliphatic heterocycles. The first-order chi connectivity index (χ1) is 13.0. The molecule has 1 fully saturated rings. The predicted molar refractivity (Wildman–Crippen MR) is 95.7 cm³/mol. The Labute approximate surface area is 153 Å². The molecule has 1 heterocycles. The summed E-state index contributed by atoms with van der Waals surface area (Å²) in [5, 5.41) is 27.7. The number of rotatable bonds is 5. The van der Waals surface area contributed by atoms with Gasteiger partial charge < -0.3 is 15.4 Å². The standard InChI is InChI=1S/C17H16N4O6/c22-17(12-3-6-14(20(23)24)15(9-12)21(25)26)19-13-4-1-11(2-5-13)16-10-18-7-8-27-16/h1-6,9,16,18H,7-8,10H2,(H,19,22). The summed E-state index contributed by atoms with van der Waals surface area (Å²) in [5.74, 6) is -0.601. The van der Waals surface area contributed by atoms with E-state index in [1.54, 1.807) is 12.1 Å². The molecule has 1 saturated heterocycles. The number of nitrogens with one attached hydrogen (secondary N) is 2. The molecule has 10 heteroatoms. The quantitative estimate of drug-likeness (QED) is 0.607. The van der Waals surface area contributed by atoms with Crippen molar-refractivity contribution in [2.24, 2.45) is 0 Å². The fourth-order valence-corrected chi connectivity index (χ4v) is 2.73. The highest BCUT2D eigenvalue weighted by atomic mass is 16.6. The van der Waals surface area contributed by atoms with Gasteiger partial charge in [-0.05, 0) is 23.8 Å². The third kappa shape index (κ3) is 4.25. The molecular formula is C17H16N4O6. The molecule has 0 radical (unpaired) electrons. The summed E-state index contributed by atoms with van der Waals surface area (Å²) in [7, 11) is 0. The third-order valence-electron chi connectivity index (χ3n) is 4.10. The Balaban J connectivity index is 1.74. The van der Waals surface area contributed by atoms with Crippen LogP contribution in [0.2, 0.25) is 0 Å². The molecule has 0 aromatic heterocycles. The van der Waals surface area contributed by atoms with Gasteiger partial charge in [0.2, 0.25) is 0 Å². The molecule has 1 atom stereocenters. The molecule has 1 unspecified atom stereocenters. The van der Waals surface area contributed by atoms with Crippen molar-refractivity contribution in [3.8, 4) is 0 Å². The highest BCUT2D eigenvalue weighted by Crippen LogP contribution is 2.28. The van der Waals surface area contributed by atoms with E-state index in [1.165, 1.54) is 6.07 Å². The minimum absolute atomic E-state index is 0.0452. The molecule has 140 valence electrons. The smallest absolute Gasteiger partial charge is 0.346 e. The fraction of sp³-hybridized carbons (Fsp3) is 0.235. The average molecular weight is 372 g/mol. The molecular weight excluding hydrogens is 356 g/mol. The number of nitro benzene ring substituents is 2. The minimum Gasteiger partial charge on any atom is -0.371 e. The van der Waals surface area contributed by atoms with Crippen molar-refractivity contribution in [2.45, 2.75) is 6.10 Å². The van der Waals surface area contributed by atoms with Crippen molar-refractivity contribution < 1.29 is 19.4 Å². The van der Waals surface area contributed by atoms with E-state index in [0.717, 1.165) is 24.2 Å². The van der Waals surface area contributed by atoms with E-state index in [0.29, 0.717) is 18.8 Å². The number of carbonyl (C=O) groups is 1. The molecule has 2 aromatic carbocycles. The van der Waals surface area contributed by atoms with Crippen LogP contribution in [0.1, 0.15) is 22.0 Å². The Kier molecular flexibility index (Phi) is 5.38. The van der Waals surface area contributed by atoms with Crippen molar-refractivity contribution >= 4 is 23.0 Å². The van der Waals surface area contributed by atoms with E-state index in [1.807, 2.05) is 12.1 Å². The molecule has 27 heavy (non-hydrogen) atoms. The Bertz CT molecular complexity index is 877. The van der Waals surface area contributed by atoms with Crippen molar-refractivity contribution in [3.05, 3.63) is 73.8 Å². The van der Waals surface area contributed by atoms with E-state index >= 15 is 0 Å². The lowest BCUT2D eigenvalue weighted by molar-refractivity contribution is -0.422. The molecule has 1 aliphatic rings. The second-order valence-corrected chi connectivity index (χ2v) is 5.86. The van der Waals surface area contributed by atoms with Crippen LogP contribution in [0, 0.1) is 20.2 Å². The van der Waals surface area contributed by atoms with Crippen LogP contribution in [0.25, 0.3) is 0 Å². The zero-order chi connectivity index (χ0) is 19.4. The normalized spacial score (nSPS) is 16.5. The predicted octanol–water partition coefficient (Wildman–Crippen LogP) is 2.42. The number of amides is 1. The van der Waals surface area contributed by atoms with E-state index in [9.17, 15) is 25.0 Å². The molecule has 10 nitrogen and oxygen atoms in total. The molecule has 0 aliphatic carbocycles. The largest absolute Gasteiger partial charge is 0.371 e. The lowest BCUT2D eigenvalue weighted by Gasteiger charge is -2.24. The van der Waals surface area contributed by atoms with Crippen molar-refractivity contribution in [1.29, 1.82) is 0 Å². The number of hydrogen-bond donors (Lipinski definition) is 2. The van der Waals surface area contributed by atoms with Crippen molar-refractivity contribution in [1.82, 2.24) is 5.32 Å². The Morgan fingerprint density at radius 1 is 1.07 bits per heavy atom. The summed E-state index contributed by atoms with van der Waals surface area (Å²) >= 11 is 0. The summed E-state index contributed by atoms with van der Waals surface area (Å²) < 4.78 is 5.65. The van der Waals surface area contributed by atoms with Gasteiger partial charge in [0.15, 0.2) is 0 Å². The van der Waals surface area contributed by atoms with E-state index in [2.05, 4.69) is 10.6 Å². The zero-order valence-corrected chi connectivity index (χ0v) is 14.1. The number of benzene rings is 2. The van der Waals surface area contributed by atoms with Crippen LogP contribution < -0.4 is 10.6 Å². The summed E-state index contributed by atoms with van der Waals surface area (Å²) in [6.45, 7) is 2.15. The van der Waals surface area contributed by atoms with Gasteiger partial charge in [0, 0.05) is 36.5 Å². The van der Waals surface area contributed by atoms with Gasteiger partial charge in [-0.3, -0.25) is 25.0 Å². The maximum Gasteiger partial charge on any atom is 0.346 e. The van der Waals surface area contributed by atoms with Crippen molar-refractivity contribution in [2.75, 3.05) is 25.0 Å². The molecule has 1 amide bonds.